The van der Waals surface area contributed by atoms with Crippen LogP contribution in [0.4, 0.5) is 5.69 Å². The van der Waals surface area contributed by atoms with Crippen molar-refractivity contribution in [1.29, 1.82) is 0 Å². The molecule has 0 atom stereocenters. The monoisotopic (exact) mass is 282 g/mol. The lowest BCUT2D eigenvalue weighted by Gasteiger charge is -2.15. The van der Waals surface area contributed by atoms with E-state index in [0.717, 1.165) is 5.56 Å². The van der Waals surface area contributed by atoms with Crippen LogP contribution in [0.2, 0.25) is 0 Å². The minimum atomic E-state index is -0.492. The largest absolute Gasteiger partial charge is 0.490 e. The number of likely N-dealkylation sites (N-methyl/N-ethyl adjacent to an activating group) is 1. The Morgan fingerprint density at radius 3 is 2.70 bits per heavy atom. The van der Waals surface area contributed by atoms with Gasteiger partial charge < -0.3 is 9.47 Å². The zero-order chi connectivity index (χ0) is 15.1. The van der Waals surface area contributed by atoms with Gasteiger partial charge in [0.25, 0.3) is 0 Å². The Kier molecular flexibility index (Phi) is 5.92. The molecule has 1 aromatic carbocycles. The van der Waals surface area contributed by atoms with Crippen molar-refractivity contribution in [3.63, 3.8) is 0 Å². The summed E-state index contributed by atoms with van der Waals surface area (Å²) in [6.45, 7) is 2.61. The highest BCUT2D eigenvalue weighted by Crippen LogP contribution is 2.27. The van der Waals surface area contributed by atoms with Crippen molar-refractivity contribution in [3.8, 4) is 5.75 Å². The Balaban J connectivity index is 2.75. The number of ether oxygens (including phenoxy) is 2. The highest BCUT2D eigenvalue weighted by Gasteiger charge is 2.16. The lowest BCUT2D eigenvalue weighted by molar-refractivity contribution is -0.385. The molecule has 0 aliphatic rings. The quantitative estimate of drug-likeness (QED) is 0.429. The van der Waals surface area contributed by atoms with Gasteiger partial charge in [0, 0.05) is 12.6 Å². The molecule has 0 saturated carbocycles. The lowest BCUT2D eigenvalue weighted by Crippen LogP contribution is -2.27. The van der Waals surface area contributed by atoms with Gasteiger partial charge in [-0.05, 0) is 25.6 Å². The molecule has 0 aliphatic heterocycles. The molecule has 1 rings (SSSR count). The Morgan fingerprint density at radius 1 is 1.45 bits per heavy atom. The van der Waals surface area contributed by atoms with Crippen LogP contribution in [0.25, 0.3) is 0 Å². The number of benzene rings is 1. The van der Waals surface area contributed by atoms with Gasteiger partial charge in [-0.2, -0.15) is 0 Å². The fourth-order valence-electron chi connectivity index (χ4n) is 1.77. The minimum Gasteiger partial charge on any atom is -0.490 e. The first-order valence-electron chi connectivity index (χ1n) is 6.13. The number of carbonyl (C=O) groups is 1. The number of hydrogen-bond donors (Lipinski definition) is 0. The first-order valence-corrected chi connectivity index (χ1v) is 6.13. The first kappa shape index (κ1) is 15.9. The predicted molar refractivity (Wildman–Crippen MR) is 72.6 cm³/mol. The van der Waals surface area contributed by atoms with Crippen LogP contribution in [0.15, 0.2) is 18.2 Å². The molecule has 0 aliphatic carbocycles. The van der Waals surface area contributed by atoms with E-state index in [9.17, 15) is 14.9 Å². The van der Waals surface area contributed by atoms with Crippen molar-refractivity contribution < 1.29 is 19.2 Å². The molecule has 0 heterocycles. The third kappa shape index (κ3) is 4.51. The van der Waals surface area contributed by atoms with Crippen LogP contribution in [-0.2, 0) is 16.1 Å². The van der Waals surface area contributed by atoms with Crippen LogP contribution in [0, 0.1) is 10.1 Å². The number of nitro benzene ring substituents is 1. The summed E-state index contributed by atoms with van der Waals surface area (Å²) in [6.07, 6.45) is 0. The van der Waals surface area contributed by atoms with E-state index in [1.165, 1.54) is 13.2 Å². The normalized spacial score (nSPS) is 10.4. The van der Waals surface area contributed by atoms with Gasteiger partial charge in [-0.1, -0.05) is 6.07 Å². The van der Waals surface area contributed by atoms with E-state index < -0.39 is 4.92 Å². The standard InChI is InChI=1S/C13H18N2O5/c1-4-20-13(16)9-14(2)8-10-5-6-12(19-3)11(7-10)15(17)18/h5-7H,4,8-9H2,1-3H3. The summed E-state index contributed by atoms with van der Waals surface area (Å²) in [5.41, 5.74) is 0.638. The summed E-state index contributed by atoms with van der Waals surface area (Å²) in [6, 6.07) is 4.72. The van der Waals surface area contributed by atoms with Crippen LogP contribution in [0.1, 0.15) is 12.5 Å². The van der Waals surface area contributed by atoms with Crippen LogP contribution in [0.5, 0.6) is 5.75 Å². The molecule has 0 saturated heterocycles. The molecule has 110 valence electrons. The second kappa shape index (κ2) is 7.44. The van der Waals surface area contributed by atoms with Gasteiger partial charge in [-0.25, -0.2) is 0 Å². The molecule has 0 fully saturated rings. The molecule has 0 bridgehead atoms. The van der Waals surface area contributed by atoms with Crippen LogP contribution in [-0.4, -0.2) is 43.1 Å². The molecule has 1 aromatic rings. The minimum absolute atomic E-state index is 0.0884. The van der Waals surface area contributed by atoms with E-state index in [2.05, 4.69) is 0 Å². The first-order chi connectivity index (χ1) is 9.47. The van der Waals surface area contributed by atoms with E-state index in [1.54, 1.807) is 31.0 Å². The summed E-state index contributed by atoms with van der Waals surface area (Å²) >= 11 is 0. The topological polar surface area (TPSA) is 81.9 Å². The SMILES string of the molecule is CCOC(=O)CN(C)Cc1ccc(OC)c([N+](=O)[O-])c1. The molecule has 20 heavy (non-hydrogen) atoms. The van der Waals surface area contributed by atoms with Gasteiger partial charge in [0.2, 0.25) is 0 Å². The fourth-order valence-corrected chi connectivity index (χ4v) is 1.77. The average molecular weight is 282 g/mol. The average Bonchev–Trinajstić information content (AvgIpc) is 2.38. The molecule has 0 N–H and O–H groups in total. The van der Waals surface area contributed by atoms with E-state index in [4.69, 9.17) is 9.47 Å². The highest BCUT2D eigenvalue weighted by molar-refractivity contribution is 5.71. The molecule has 0 unspecified atom stereocenters. The Hall–Kier alpha value is -2.15. The maximum atomic E-state index is 11.3. The number of esters is 1. The second-order valence-electron chi connectivity index (χ2n) is 4.24. The van der Waals surface area contributed by atoms with Gasteiger partial charge in [0.15, 0.2) is 5.75 Å². The Labute approximate surface area is 117 Å². The maximum Gasteiger partial charge on any atom is 0.320 e. The molecule has 0 spiro atoms. The van der Waals surface area contributed by atoms with E-state index in [1.807, 2.05) is 0 Å². The van der Waals surface area contributed by atoms with Crippen LogP contribution >= 0.6 is 0 Å². The third-order valence-corrected chi connectivity index (χ3v) is 2.60. The summed E-state index contributed by atoms with van der Waals surface area (Å²) in [7, 11) is 3.13. The number of methoxy groups -OCH3 is 1. The van der Waals surface area contributed by atoms with E-state index in [0.29, 0.717) is 13.2 Å². The summed E-state index contributed by atoms with van der Waals surface area (Å²) in [4.78, 5) is 23.5. The van der Waals surface area contributed by atoms with Gasteiger partial charge in [-0.3, -0.25) is 19.8 Å². The molecule has 7 nitrogen and oxygen atoms in total. The van der Waals surface area contributed by atoms with Gasteiger partial charge in [-0.15, -0.1) is 0 Å². The number of rotatable bonds is 7. The smallest absolute Gasteiger partial charge is 0.320 e. The van der Waals surface area contributed by atoms with Crippen molar-refractivity contribution in [1.82, 2.24) is 4.90 Å². The van der Waals surface area contributed by atoms with Gasteiger partial charge in [0.05, 0.1) is 25.2 Å². The Morgan fingerprint density at radius 2 is 2.15 bits per heavy atom. The third-order valence-electron chi connectivity index (χ3n) is 2.60. The number of nitro groups is 1. The van der Waals surface area contributed by atoms with Crippen molar-refractivity contribution in [2.24, 2.45) is 0 Å². The molecule has 0 radical (unpaired) electrons. The highest BCUT2D eigenvalue weighted by atomic mass is 16.6. The number of carbonyl (C=O) groups excluding carboxylic acids is 1. The van der Waals surface area contributed by atoms with Crippen LogP contribution < -0.4 is 4.74 Å². The molecular formula is C13H18N2O5. The van der Waals surface area contributed by atoms with Crippen molar-refractivity contribution >= 4 is 11.7 Å². The van der Waals surface area contributed by atoms with Crippen LogP contribution in [0.3, 0.4) is 0 Å². The lowest BCUT2D eigenvalue weighted by atomic mass is 10.2. The fraction of sp³-hybridized carbons (Fsp3) is 0.462. The Bertz CT molecular complexity index is 490. The van der Waals surface area contributed by atoms with Crippen molar-refractivity contribution in [2.45, 2.75) is 13.5 Å². The van der Waals surface area contributed by atoms with Gasteiger partial charge >= 0.3 is 11.7 Å². The number of hydrogen-bond acceptors (Lipinski definition) is 6. The molecular weight excluding hydrogens is 264 g/mol. The van der Waals surface area contributed by atoms with Crippen molar-refractivity contribution in [2.75, 3.05) is 27.3 Å². The summed E-state index contributed by atoms with van der Waals surface area (Å²) < 4.78 is 9.77. The van der Waals surface area contributed by atoms with E-state index in [-0.39, 0.29) is 24.0 Å². The molecule has 0 amide bonds. The second-order valence-corrected chi connectivity index (χ2v) is 4.24. The molecule has 7 heteroatoms. The molecule has 0 aromatic heterocycles. The number of nitrogens with zero attached hydrogens (tertiary/aromatic N) is 2. The zero-order valence-corrected chi connectivity index (χ0v) is 11.8. The summed E-state index contributed by atoms with van der Waals surface area (Å²) in [5.74, 6) is -0.107. The van der Waals surface area contributed by atoms with Crippen molar-refractivity contribution in [3.05, 3.63) is 33.9 Å². The van der Waals surface area contributed by atoms with E-state index >= 15 is 0 Å². The van der Waals surface area contributed by atoms with Gasteiger partial charge in [0.1, 0.15) is 0 Å². The predicted octanol–water partition coefficient (Wildman–Crippen LogP) is 1.60. The zero-order valence-electron chi connectivity index (χ0n) is 11.8. The summed E-state index contributed by atoms with van der Waals surface area (Å²) in [5, 5.41) is 10.9. The maximum absolute atomic E-state index is 11.3.